The molecule has 0 aliphatic carbocycles. The number of amides is 3. The number of benzene rings is 1. The molecule has 19 heavy (non-hydrogen) atoms. The average molecular weight is 261 g/mol. The smallest absolute Gasteiger partial charge is 0.405 e. The van der Waals surface area contributed by atoms with Gasteiger partial charge in [0.15, 0.2) is 0 Å². The van der Waals surface area contributed by atoms with E-state index in [9.17, 15) is 14.4 Å². The van der Waals surface area contributed by atoms with Crippen molar-refractivity contribution < 1.29 is 19.5 Å². The lowest BCUT2D eigenvalue weighted by Crippen LogP contribution is -2.44. The number of hydrogen-bond donors (Lipinski definition) is 3. The van der Waals surface area contributed by atoms with Gasteiger partial charge in [-0.3, -0.25) is 9.59 Å². The molecule has 3 amide bonds. The topological polar surface area (TPSA) is 122 Å². The van der Waals surface area contributed by atoms with Gasteiger partial charge in [0.25, 0.3) is 5.91 Å². The molecule has 1 aliphatic heterocycles. The van der Waals surface area contributed by atoms with E-state index in [1.807, 2.05) is 5.32 Å². The summed E-state index contributed by atoms with van der Waals surface area (Å²) in [5.41, 5.74) is 5.39. The van der Waals surface area contributed by atoms with E-state index in [1.54, 1.807) is 24.3 Å². The van der Waals surface area contributed by atoms with Crippen LogP contribution in [0.15, 0.2) is 29.3 Å². The molecule has 0 saturated heterocycles. The molecule has 0 bridgehead atoms. The highest BCUT2D eigenvalue weighted by molar-refractivity contribution is 6.16. The van der Waals surface area contributed by atoms with Crippen LogP contribution in [0.5, 0.6) is 0 Å². The fraction of sp³-hybridized carbons (Fsp3) is 0.167. The van der Waals surface area contributed by atoms with Crippen LogP contribution in [0.3, 0.4) is 0 Å². The Morgan fingerprint density at radius 2 is 2.05 bits per heavy atom. The van der Waals surface area contributed by atoms with Crippen LogP contribution in [-0.4, -0.2) is 29.1 Å². The highest BCUT2D eigenvalue weighted by Crippen LogP contribution is 2.09. The van der Waals surface area contributed by atoms with Gasteiger partial charge < -0.3 is 16.2 Å². The second-order valence-corrected chi connectivity index (χ2v) is 4.02. The van der Waals surface area contributed by atoms with Crippen LogP contribution in [-0.2, 0) is 9.59 Å². The second-order valence-electron chi connectivity index (χ2n) is 4.02. The minimum absolute atomic E-state index is 0.110. The molecular formula is C12H11N3O4. The van der Waals surface area contributed by atoms with Gasteiger partial charge in [-0.25, -0.2) is 9.79 Å². The number of primary amides is 1. The van der Waals surface area contributed by atoms with Crippen LogP contribution < -0.4 is 21.6 Å². The lowest BCUT2D eigenvalue weighted by Gasteiger charge is -2.12. The van der Waals surface area contributed by atoms with Crippen LogP contribution in [0, 0.1) is 0 Å². The van der Waals surface area contributed by atoms with Crippen molar-refractivity contribution in [3.05, 3.63) is 34.8 Å². The molecule has 7 heteroatoms. The Morgan fingerprint density at radius 1 is 1.37 bits per heavy atom. The van der Waals surface area contributed by atoms with Gasteiger partial charge in [-0.2, -0.15) is 0 Å². The molecule has 0 saturated carbocycles. The third kappa shape index (κ3) is 2.59. The van der Waals surface area contributed by atoms with Gasteiger partial charge in [0, 0.05) is 17.2 Å². The normalized spacial score (nSPS) is 14.5. The number of carbonyl (C=O) groups is 3. The zero-order valence-electron chi connectivity index (χ0n) is 9.79. The van der Waals surface area contributed by atoms with Crippen LogP contribution in [0.2, 0.25) is 0 Å². The molecule has 0 fully saturated rings. The highest BCUT2D eigenvalue weighted by Gasteiger charge is 2.25. The summed E-state index contributed by atoms with van der Waals surface area (Å²) in [6.07, 6.45) is -1.49. The van der Waals surface area contributed by atoms with Crippen molar-refractivity contribution in [2.45, 2.75) is 12.5 Å². The average Bonchev–Trinajstić information content (AvgIpc) is 2.64. The Morgan fingerprint density at radius 3 is 2.68 bits per heavy atom. The predicted octanol–water partition coefficient (Wildman–Crippen LogP) is -1.49. The molecule has 0 radical (unpaired) electrons. The lowest BCUT2D eigenvalue weighted by atomic mass is 10.0. The first-order chi connectivity index (χ1) is 8.99. The maximum atomic E-state index is 11.7. The van der Waals surface area contributed by atoms with Crippen LogP contribution >= 0.6 is 0 Å². The minimum Gasteiger partial charge on any atom is -0.465 e. The number of nitrogens with two attached hydrogens (primary N) is 1. The van der Waals surface area contributed by atoms with Crippen molar-refractivity contribution in [3.8, 4) is 0 Å². The summed E-state index contributed by atoms with van der Waals surface area (Å²) in [6, 6.07) is 5.68. The van der Waals surface area contributed by atoms with E-state index < -0.39 is 23.9 Å². The highest BCUT2D eigenvalue weighted by atomic mass is 16.4. The second kappa shape index (κ2) is 4.89. The summed E-state index contributed by atoms with van der Waals surface area (Å²) in [7, 11) is 0. The Bertz CT molecular complexity index is 680. The summed E-state index contributed by atoms with van der Waals surface area (Å²) < 4.78 is 0. The van der Waals surface area contributed by atoms with E-state index >= 15 is 0 Å². The van der Waals surface area contributed by atoms with Crippen molar-refractivity contribution in [2.75, 3.05) is 0 Å². The molecule has 1 aliphatic rings. The molecule has 1 aromatic rings. The lowest BCUT2D eigenvalue weighted by molar-refractivity contribution is -0.119. The first-order valence-corrected chi connectivity index (χ1v) is 5.49. The van der Waals surface area contributed by atoms with E-state index in [4.69, 9.17) is 10.8 Å². The molecule has 4 N–H and O–H groups in total. The zero-order chi connectivity index (χ0) is 14.0. The number of hydrogen-bond acceptors (Lipinski definition) is 3. The third-order valence-corrected chi connectivity index (χ3v) is 2.76. The maximum absolute atomic E-state index is 11.7. The third-order valence-electron chi connectivity index (χ3n) is 2.76. The molecule has 2 rings (SSSR count). The number of rotatable bonds is 4. The Balaban J connectivity index is 2.38. The Kier molecular flexibility index (Phi) is 3.28. The summed E-state index contributed by atoms with van der Waals surface area (Å²) >= 11 is 0. The molecule has 98 valence electrons. The Labute approximate surface area is 107 Å². The van der Waals surface area contributed by atoms with Gasteiger partial charge in [-0.05, 0) is 6.07 Å². The molecule has 0 spiro atoms. The van der Waals surface area contributed by atoms with Gasteiger partial charge >= 0.3 is 6.09 Å². The first kappa shape index (κ1) is 12.7. The number of carboxylic acid groups (broad SMARTS) is 1. The van der Waals surface area contributed by atoms with Gasteiger partial charge in [-0.1, -0.05) is 18.2 Å². The fourth-order valence-corrected chi connectivity index (χ4v) is 1.89. The summed E-state index contributed by atoms with van der Waals surface area (Å²) in [6.45, 7) is 0. The summed E-state index contributed by atoms with van der Waals surface area (Å²) in [4.78, 5) is 37.3. The van der Waals surface area contributed by atoms with Gasteiger partial charge in [0.1, 0.15) is 6.04 Å². The van der Waals surface area contributed by atoms with Crippen molar-refractivity contribution in [2.24, 2.45) is 10.7 Å². The molecular weight excluding hydrogens is 250 g/mol. The van der Waals surface area contributed by atoms with Crippen molar-refractivity contribution in [1.82, 2.24) is 5.32 Å². The quantitative estimate of drug-likeness (QED) is 0.611. The first-order valence-electron chi connectivity index (χ1n) is 5.49. The summed E-state index contributed by atoms with van der Waals surface area (Å²) in [5.74, 6) is -1.31. The van der Waals surface area contributed by atoms with Gasteiger partial charge in [0.05, 0.1) is 5.36 Å². The van der Waals surface area contributed by atoms with Crippen LogP contribution in [0.4, 0.5) is 4.79 Å². The van der Waals surface area contributed by atoms with Crippen LogP contribution in [0.25, 0.3) is 5.57 Å². The largest absolute Gasteiger partial charge is 0.465 e. The molecule has 1 aromatic carbocycles. The van der Waals surface area contributed by atoms with Gasteiger partial charge in [0.2, 0.25) is 5.91 Å². The number of nitrogens with zero attached hydrogens (tertiary/aromatic N) is 1. The van der Waals surface area contributed by atoms with Crippen LogP contribution in [0.1, 0.15) is 6.42 Å². The molecule has 1 heterocycles. The van der Waals surface area contributed by atoms with E-state index in [0.717, 1.165) is 0 Å². The standard InChI is InChI=1S/C12H11N3O4/c13-10(16)9(15-12(18)19)5-7-6-3-1-2-4-8(6)14-11(7)17/h1-4,9,15H,5H2,(H2,13,16)(H,18,19)/t9-/m0/s1. The van der Waals surface area contributed by atoms with E-state index in [-0.39, 0.29) is 12.0 Å². The predicted molar refractivity (Wildman–Crippen MR) is 64.4 cm³/mol. The van der Waals surface area contributed by atoms with Crippen molar-refractivity contribution in [3.63, 3.8) is 0 Å². The Hall–Kier alpha value is -2.70. The monoisotopic (exact) mass is 261 g/mol. The minimum atomic E-state index is -1.37. The van der Waals surface area contributed by atoms with Gasteiger partial charge in [-0.15, -0.1) is 0 Å². The van der Waals surface area contributed by atoms with E-state index in [2.05, 4.69) is 4.99 Å². The number of carbonyl (C=O) groups excluding carboxylic acids is 2. The van der Waals surface area contributed by atoms with E-state index in [0.29, 0.717) is 10.6 Å². The number of para-hydroxylation sites is 1. The zero-order valence-corrected chi connectivity index (χ0v) is 9.79. The SMILES string of the molecule is NC(=O)[C@H](CC1=c2ccccc2=NC1=O)NC(=O)O. The molecule has 0 aromatic heterocycles. The molecule has 1 atom stereocenters. The van der Waals surface area contributed by atoms with Crippen molar-refractivity contribution in [1.29, 1.82) is 0 Å². The maximum Gasteiger partial charge on any atom is 0.405 e. The fourth-order valence-electron chi connectivity index (χ4n) is 1.89. The number of fused-ring (bicyclic) bond motifs is 1. The summed E-state index contributed by atoms with van der Waals surface area (Å²) in [5, 5.41) is 11.7. The van der Waals surface area contributed by atoms with Crippen molar-refractivity contribution >= 4 is 23.5 Å². The van der Waals surface area contributed by atoms with E-state index in [1.165, 1.54) is 0 Å². The number of nitrogens with one attached hydrogen (secondary N) is 1. The molecule has 7 nitrogen and oxygen atoms in total. The molecule has 0 unspecified atom stereocenters.